The van der Waals surface area contributed by atoms with Crippen molar-refractivity contribution in [2.24, 2.45) is 13.0 Å². The zero-order chi connectivity index (χ0) is 13.2. The second-order valence-corrected chi connectivity index (χ2v) is 5.44. The first-order chi connectivity index (χ1) is 8.56. The minimum atomic E-state index is -0.382. The molecule has 0 atom stereocenters. The molecule has 0 aromatic carbocycles. The van der Waals surface area contributed by atoms with Gasteiger partial charge in [0.25, 0.3) is 5.56 Å². The van der Waals surface area contributed by atoms with Gasteiger partial charge in [-0.15, -0.1) is 0 Å². The molecule has 1 aromatic rings. The number of hydrogen-bond acceptors (Lipinski definition) is 4. The van der Waals surface area contributed by atoms with E-state index >= 15 is 0 Å². The van der Waals surface area contributed by atoms with Crippen molar-refractivity contribution in [2.75, 3.05) is 11.9 Å². The molecule has 100 valence electrons. The molecule has 18 heavy (non-hydrogen) atoms. The van der Waals surface area contributed by atoms with Gasteiger partial charge in [0.1, 0.15) is 0 Å². The van der Waals surface area contributed by atoms with E-state index in [9.17, 15) is 9.90 Å². The molecule has 0 spiro atoms. The summed E-state index contributed by atoms with van der Waals surface area (Å²) in [6, 6.07) is 0. The maximum Gasteiger partial charge on any atom is 0.293 e. The Morgan fingerprint density at radius 1 is 1.56 bits per heavy atom. The lowest BCUT2D eigenvalue weighted by Crippen LogP contribution is -2.46. The summed E-state index contributed by atoms with van der Waals surface area (Å²) in [5, 5.41) is 12.8. The van der Waals surface area contributed by atoms with E-state index in [0.29, 0.717) is 11.7 Å². The predicted octanol–water partition coefficient (Wildman–Crippen LogP) is 1.13. The quantitative estimate of drug-likeness (QED) is 0.845. The Balaban J connectivity index is 2.20. The Hall–Kier alpha value is -1.36. The van der Waals surface area contributed by atoms with Crippen LogP contribution in [0.2, 0.25) is 0 Å². The Morgan fingerprint density at radius 3 is 2.83 bits per heavy atom. The van der Waals surface area contributed by atoms with Gasteiger partial charge >= 0.3 is 0 Å². The normalized spacial score (nSPS) is 28.1. The topological polar surface area (TPSA) is 67.2 Å². The maximum absolute atomic E-state index is 11.9. The molecule has 0 aliphatic heterocycles. The van der Waals surface area contributed by atoms with E-state index in [0.717, 1.165) is 25.7 Å². The maximum atomic E-state index is 11.9. The van der Waals surface area contributed by atoms with Crippen LogP contribution in [0, 0.1) is 5.92 Å². The second-order valence-electron chi connectivity index (χ2n) is 5.44. The van der Waals surface area contributed by atoms with E-state index in [4.69, 9.17) is 0 Å². The molecule has 1 aliphatic rings. The highest BCUT2D eigenvalue weighted by atomic mass is 16.3. The van der Waals surface area contributed by atoms with Gasteiger partial charge in [0, 0.05) is 19.4 Å². The van der Waals surface area contributed by atoms with Crippen LogP contribution in [-0.2, 0) is 7.05 Å². The van der Waals surface area contributed by atoms with Crippen LogP contribution in [0.1, 0.15) is 32.6 Å². The van der Waals surface area contributed by atoms with Gasteiger partial charge in [0.15, 0.2) is 5.82 Å². The third-order valence-electron chi connectivity index (χ3n) is 3.93. The van der Waals surface area contributed by atoms with Crippen LogP contribution < -0.4 is 10.9 Å². The summed E-state index contributed by atoms with van der Waals surface area (Å²) < 4.78 is 1.49. The lowest BCUT2D eigenvalue weighted by atomic mass is 9.77. The number of nitrogens with zero attached hydrogens (tertiary/aromatic N) is 2. The molecule has 1 heterocycles. The fourth-order valence-electron chi connectivity index (χ4n) is 2.47. The molecule has 1 saturated carbocycles. The smallest absolute Gasteiger partial charge is 0.293 e. The van der Waals surface area contributed by atoms with Gasteiger partial charge in [-0.2, -0.15) is 0 Å². The highest BCUT2D eigenvalue weighted by molar-refractivity contribution is 5.35. The molecule has 2 rings (SSSR count). The zero-order valence-electron chi connectivity index (χ0n) is 11.0. The number of aliphatic hydroxyl groups excluding tert-OH is 1. The van der Waals surface area contributed by atoms with Gasteiger partial charge in [-0.1, -0.05) is 6.92 Å². The van der Waals surface area contributed by atoms with Crippen molar-refractivity contribution in [3.8, 4) is 0 Å². The molecular weight excluding hydrogens is 230 g/mol. The molecule has 0 saturated heterocycles. The first kappa shape index (κ1) is 13.1. The van der Waals surface area contributed by atoms with Gasteiger partial charge in [0.2, 0.25) is 0 Å². The van der Waals surface area contributed by atoms with E-state index in [1.807, 2.05) is 0 Å². The number of aliphatic hydroxyl groups is 1. The molecule has 5 heteroatoms. The van der Waals surface area contributed by atoms with Crippen LogP contribution in [0.15, 0.2) is 17.2 Å². The Morgan fingerprint density at radius 2 is 2.22 bits per heavy atom. The van der Waals surface area contributed by atoms with Crippen LogP contribution >= 0.6 is 0 Å². The SMILES string of the molecule is CC1CCC(CO)(Nc2nccn(C)c2=O)CC1. The monoisotopic (exact) mass is 251 g/mol. The first-order valence-corrected chi connectivity index (χ1v) is 6.47. The standard InChI is InChI=1S/C13H21N3O2/c1-10-3-5-13(9-17,6-4-10)15-11-12(18)16(2)8-7-14-11/h7-8,10,17H,3-6,9H2,1-2H3,(H,14,15). The molecule has 2 N–H and O–H groups in total. The third kappa shape index (κ3) is 2.56. The van der Waals surface area contributed by atoms with Gasteiger partial charge in [-0.05, 0) is 31.6 Å². The number of nitrogens with one attached hydrogen (secondary N) is 1. The lowest BCUT2D eigenvalue weighted by molar-refractivity contribution is 0.155. The van der Waals surface area contributed by atoms with Crippen molar-refractivity contribution in [3.63, 3.8) is 0 Å². The van der Waals surface area contributed by atoms with Crippen molar-refractivity contribution in [2.45, 2.75) is 38.1 Å². The van der Waals surface area contributed by atoms with Crippen LogP contribution in [0.3, 0.4) is 0 Å². The fourth-order valence-corrected chi connectivity index (χ4v) is 2.47. The average Bonchev–Trinajstić information content (AvgIpc) is 2.38. The predicted molar refractivity (Wildman–Crippen MR) is 70.5 cm³/mol. The molecule has 0 unspecified atom stereocenters. The summed E-state index contributed by atoms with van der Waals surface area (Å²) in [6.45, 7) is 2.26. The summed E-state index contributed by atoms with van der Waals surface area (Å²) >= 11 is 0. The van der Waals surface area contributed by atoms with Crippen molar-refractivity contribution in [1.29, 1.82) is 0 Å². The lowest BCUT2D eigenvalue weighted by Gasteiger charge is -2.38. The minimum absolute atomic E-state index is 0.0411. The molecule has 5 nitrogen and oxygen atoms in total. The van der Waals surface area contributed by atoms with E-state index < -0.39 is 0 Å². The summed E-state index contributed by atoms with van der Waals surface area (Å²) in [4.78, 5) is 16.0. The number of rotatable bonds is 3. The molecule has 1 aliphatic carbocycles. The van der Waals surface area contributed by atoms with E-state index in [-0.39, 0.29) is 17.7 Å². The van der Waals surface area contributed by atoms with Crippen LogP contribution in [0.5, 0.6) is 0 Å². The largest absolute Gasteiger partial charge is 0.394 e. The van der Waals surface area contributed by atoms with Crippen molar-refractivity contribution >= 4 is 5.82 Å². The van der Waals surface area contributed by atoms with Crippen molar-refractivity contribution in [3.05, 3.63) is 22.7 Å². The molecule has 1 aromatic heterocycles. The molecule has 0 bridgehead atoms. The van der Waals surface area contributed by atoms with Crippen LogP contribution in [-0.4, -0.2) is 26.8 Å². The zero-order valence-corrected chi connectivity index (χ0v) is 11.0. The summed E-state index contributed by atoms with van der Waals surface area (Å²) in [5.41, 5.74) is -0.531. The van der Waals surface area contributed by atoms with Crippen molar-refractivity contribution < 1.29 is 5.11 Å². The van der Waals surface area contributed by atoms with E-state index in [2.05, 4.69) is 17.2 Å². The van der Waals surface area contributed by atoms with E-state index in [1.165, 1.54) is 4.57 Å². The Labute approximate surface area is 107 Å². The summed E-state index contributed by atoms with van der Waals surface area (Å²) in [7, 11) is 1.70. The highest BCUT2D eigenvalue weighted by Crippen LogP contribution is 2.33. The number of aryl methyl sites for hydroxylation is 1. The molecular formula is C13H21N3O2. The Kier molecular flexibility index (Phi) is 3.71. The van der Waals surface area contributed by atoms with Gasteiger partial charge in [0.05, 0.1) is 12.1 Å². The fraction of sp³-hybridized carbons (Fsp3) is 0.692. The molecule has 0 radical (unpaired) electrons. The van der Waals surface area contributed by atoms with Crippen LogP contribution in [0.4, 0.5) is 5.82 Å². The number of hydrogen-bond donors (Lipinski definition) is 2. The van der Waals surface area contributed by atoms with Gasteiger partial charge < -0.3 is 15.0 Å². The minimum Gasteiger partial charge on any atom is -0.394 e. The third-order valence-corrected chi connectivity index (χ3v) is 3.93. The first-order valence-electron chi connectivity index (χ1n) is 6.47. The average molecular weight is 251 g/mol. The summed E-state index contributed by atoms with van der Waals surface area (Å²) in [6.07, 6.45) is 7.12. The molecule has 1 fully saturated rings. The summed E-state index contributed by atoms with van der Waals surface area (Å²) in [5.74, 6) is 1.03. The second kappa shape index (κ2) is 5.10. The number of anilines is 1. The van der Waals surface area contributed by atoms with Crippen molar-refractivity contribution in [1.82, 2.24) is 9.55 Å². The molecule has 0 amide bonds. The van der Waals surface area contributed by atoms with Gasteiger partial charge in [-0.25, -0.2) is 4.98 Å². The number of aromatic nitrogens is 2. The van der Waals surface area contributed by atoms with E-state index in [1.54, 1.807) is 19.4 Å². The highest BCUT2D eigenvalue weighted by Gasteiger charge is 2.34. The Bertz CT molecular complexity index is 462. The van der Waals surface area contributed by atoms with Gasteiger partial charge in [-0.3, -0.25) is 4.79 Å². The van der Waals surface area contributed by atoms with Crippen LogP contribution in [0.25, 0.3) is 0 Å².